The van der Waals surface area contributed by atoms with E-state index in [0.717, 1.165) is 17.7 Å². The van der Waals surface area contributed by atoms with Gasteiger partial charge in [-0.2, -0.15) is 4.31 Å². The molecule has 38 heavy (non-hydrogen) atoms. The average molecular weight is 606 g/mol. The van der Waals surface area contributed by atoms with Gasteiger partial charge in [-0.3, -0.25) is 19.7 Å². The van der Waals surface area contributed by atoms with Crippen LogP contribution in [-0.4, -0.2) is 42.7 Å². The highest BCUT2D eigenvalue weighted by atomic mass is 79.9. The maximum atomic E-state index is 13.4. The second-order valence-electron chi connectivity index (χ2n) is 8.37. The highest BCUT2D eigenvalue weighted by molar-refractivity contribution is 9.10. The number of fused-ring (bicyclic) bond motifs is 1. The molecule has 0 unspecified atom stereocenters. The van der Waals surface area contributed by atoms with Crippen molar-refractivity contribution >= 4 is 49.2 Å². The Morgan fingerprint density at radius 1 is 1.13 bits per heavy atom. The summed E-state index contributed by atoms with van der Waals surface area (Å²) in [6, 6.07) is 14.5. The van der Waals surface area contributed by atoms with Crippen LogP contribution in [0.25, 0.3) is 0 Å². The molecule has 1 N–H and O–H groups in total. The van der Waals surface area contributed by atoms with Crippen molar-refractivity contribution in [1.82, 2.24) is 4.31 Å². The van der Waals surface area contributed by atoms with Gasteiger partial charge in [-0.05, 0) is 63.8 Å². The smallest absolute Gasteiger partial charge is 0.308 e. The molecule has 13 heteroatoms. The Hall–Kier alpha value is -3.68. The summed E-state index contributed by atoms with van der Waals surface area (Å²) in [5.74, 6) is -2.07. The Morgan fingerprint density at radius 3 is 2.53 bits per heavy atom. The zero-order valence-corrected chi connectivity index (χ0v) is 22.1. The van der Waals surface area contributed by atoms with Gasteiger partial charge in [0.2, 0.25) is 10.0 Å². The minimum Gasteiger partial charge on any atom is -0.456 e. The number of halogens is 2. The maximum absolute atomic E-state index is 13.4. The second kappa shape index (κ2) is 11.4. The number of nitro benzene ring substituents is 1. The van der Waals surface area contributed by atoms with Crippen molar-refractivity contribution in [3.63, 3.8) is 0 Å². The number of nitrogens with zero attached hydrogens (tertiary/aromatic N) is 2. The summed E-state index contributed by atoms with van der Waals surface area (Å²) in [6.07, 6.45) is 0.0701. The molecule has 1 heterocycles. The van der Waals surface area contributed by atoms with Crippen molar-refractivity contribution < 1.29 is 32.1 Å². The maximum Gasteiger partial charge on any atom is 0.308 e. The van der Waals surface area contributed by atoms with Crippen LogP contribution in [0.3, 0.4) is 0 Å². The number of esters is 1. The van der Waals surface area contributed by atoms with Gasteiger partial charge >= 0.3 is 5.97 Å². The van der Waals surface area contributed by atoms with Crippen LogP contribution in [0.2, 0.25) is 0 Å². The van der Waals surface area contributed by atoms with Gasteiger partial charge < -0.3 is 10.1 Å². The number of anilines is 1. The van der Waals surface area contributed by atoms with Crippen molar-refractivity contribution in [1.29, 1.82) is 0 Å². The molecule has 1 amide bonds. The van der Waals surface area contributed by atoms with E-state index in [9.17, 15) is 32.5 Å². The number of hydrogen-bond donors (Lipinski definition) is 1. The highest BCUT2D eigenvalue weighted by Gasteiger charge is 2.38. The van der Waals surface area contributed by atoms with Crippen molar-refractivity contribution in [2.24, 2.45) is 0 Å². The molecule has 10 nitrogen and oxygen atoms in total. The van der Waals surface area contributed by atoms with E-state index in [1.807, 2.05) is 12.1 Å². The third kappa shape index (κ3) is 6.06. The van der Waals surface area contributed by atoms with Gasteiger partial charge in [0.1, 0.15) is 5.82 Å². The largest absolute Gasteiger partial charge is 0.456 e. The first-order valence-corrected chi connectivity index (χ1v) is 13.5. The number of rotatable bonds is 8. The van der Waals surface area contributed by atoms with Crippen molar-refractivity contribution in [2.75, 3.05) is 18.5 Å². The summed E-state index contributed by atoms with van der Waals surface area (Å²) < 4.78 is 46.8. The highest BCUT2D eigenvalue weighted by Crippen LogP contribution is 2.36. The molecule has 0 saturated carbocycles. The lowest BCUT2D eigenvalue weighted by atomic mass is 9.92. The first-order chi connectivity index (χ1) is 18.1. The predicted octanol–water partition coefficient (Wildman–Crippen LogP) is 4.36. The van der Waals surface area contributed by atoms with Crippen LogP contribution in [0.1, 0.15) is 23.6 Å². The van der Waals surface area contributed by atoms with E-state index in [-0.39, 0.29) is 33.7 Å². The van der Waals surface area contributed by atoms with Crippen molar-refractivity contribution in [2.45, 2.75) is 23.8 Å². The van der Waals surface area contributed by atoms with Gasteiger partial charge in [0.05, 0.1) is 28.0 Å². The topological polar surface area (TPSA) is 136 Å². The summed E-state index contributed by atoms with van der Waals surface area (Å²) in [7, 11) is -4.08. The Labute approximate surface area is 225 Å². The third-order valence-corrected chi connectivity index (χ3v) is 8.52. The Kier molecular flexibility index (Phi) is 8.19. The molecule has 0 spiro atoms. The monoisotopic (exact) mass is 605 g/mol. The molecule has 0 aliphatic carbocycles. The summed E-state index contributed by atoms with van der Waals surface area (Å²) in [4.78, 5) is 35.3. The number of sulfonamides is 1. The molecule has 4 rings (SSSR count). The lowest BCUT2D eigenvalue weighted by Gasteiger charge is -2.36. The molecular formula is C25H21BrFN3O7S. The van der Waals surface area contributed by atoms with Crippen LogP contribution in [0.4, 0.5) is 15.8 Å². The summed E-state index contributed by atoms with van der Waals surface area (Å²) in [5, 5.41) is 13.4. The third-order valence-electron chi connectivity index (χ3n) is 5.95. The molecule has 0 aromatic heterocycles. The van der Waals surface area contributed by atoms with Crippen LogP contribution < -0.4 is 5.32 Å². The Bertz CT molecular complexity index is 1500. The first-order valence-electron chi connectivity index (χ1n) is 11.3. The number of carbonyl (C=O) groups excluding carboxylic acids is 2. The van der Waals surface area contributed by atoms with Crippen LogP contribution in [0.15, 0.2) is 76.1 Å². The van der Waals surface area contributed by atoms with Crippen LogP contribution in [-0.2, 0) is 30.8 Å². The van der Waals surface area contributed by atoms with E-state index in [4.69, 9.17) is 4.74 Å². The number of amides is 1. The fraction of sp³-hybridized carbons (Fsp3) is 0.200. The van der Waals surface area contributed by atoms with Gasteiger partial charge in [-0.1, -0.05) is 24.3 Å². The molecule has 1 aliphatic heterocycles. The number of carbonyl (C=O) groups is 2. The van der Waals surface area contributed by atoms with Gasteiger partial charge in [-0.15, -0.1) is 0 Å². The number of nitrogens with one attached hydrogen (secondary N) is 1. The van der Waals surface area contributed by atoms with Gasteiger partial charge in [0.25, 0.3) is 11.6 Å². The van der Waals surface area contributed by atoms with E-state index >= 15 is 0 Å². The number of hydrogen-bond acceptors (Lipinski definition) is 7. The Balaban J connectivity index is 1.47. The Morgan fingerprint density at radius 2 is 1.84 bits per heavy atom. The average Bonchev–Trinajstić information content (AvgIpc) is 2.89. The van der Waals surface area contributed by atoms with Crippen LogP contribution in [0.5, 0.6) is 0 Å². The van der Waals surface area contributed by atoms with E-state index in [1.54, 1.807) is 12.1 Å². The molecule has 0 radical (unpaired) electrons. The molecule has 3 aromatic rings. The van der Waals surface area contributed by atoms with Gasteiger partial charge in [0.15, 0.2) is 6.61 Å². The second-order valence-corrected chi connectivity index (χ2v) is 11.1. The van der Waals surface area contributed by atoms with Crippen LogP contribution in [0, 0.1) is 15.9 Å². The molecule has 0 fully saturated rings. The van der Waals surface area contributed by atoms with Crippen LogP contribution >= 0.6 is 15.9 Å². The van der Waals surface area contributed by atoms with E-state index in [2.05, 4.69) is 21.2 Å². The number of ether oxygens (including phenoxy) is 1. The quantitative estimate of drug-likeness (QED) is 0.229. The molecule has 1 atom stereocenters. The predicted molar refractivity (Wildman–Crippen MR) is 138 cm³/mol. The molecule has 0 saturated heterocycles. The molecular weight excluding hydrogens is 585 g/mol. The zero-order chi connectivity index (χ0) is 27.4. The molecule has 0 bridgehead atoms. The van der Waals surface area contributed by atoms with Gasteiger partial charge in [-0.25, -0.2) is 12.8 Å². The van der Waals surface area contributed by atoms with E-state index in [0.29, 0.717) is 12.0 Å². The first kappa shape index (κ1) is 27.4. The molecule has 1 aliphatic rings. The molecule has 198 valence electrons. The van der Waals surface area contributed by atoms with E-state index < -0.39 is 45.3 Å². The number of non-ortho nitro benzene ring substituents is 1. The summed E-state index contributed by atoms with van der Waals surface area (Å²) in [5.41, 5.74) is 1.60. The normalized spacial score (nSPS) is 15.4. The SMILES string of the molecule is O=C(COC(=O)C[C@H]1c2ccccc2CCN1S(=O)(=O)c1ccc(F)cc1)Nc1ccc([N+](=O)[O-])cc1Br. The lowest BCUT2D eigenvalue weighted by molar-refractivity contribution is -0.384. The fourth-order valence-corrected chi connectivity index (χ4v) is 6.21. The van der Waals surface area contributed by atoms with Crippen molar-refractivity contribution in [3.05, 3.63) is 98.3 Å². The summed E-state index contributed by atoms with van der Waals surface area (Å²) in [6.45, 7) is -0.551. The van der Waals surface area contributed by atoms with E-state index in [1.165, 1.54) is 34.6 Å². The lowest BCUT2D eigenvalue weighted by Crippen LogP contribution is -2.41. The number of benzene rings is 3. The fourth-order valence-electron chi connectivity index (χ4n) is 4.14. The standard InChI is InChI=1S/C25H21BrFN3O7S/c26-21-13-18(30(33)34)7-10-22(21)28-24(31)15-37-25(32)14-23-20-4-2-1-3-16(20)11-12-29(23)38(35,36)19-8-5-17(27)6-9-19/h1-10,13,23H,11-12,14-15H2,(H,28,31)/t23-/m0/s1. The minimum absolute atomic E-state index is 0.101. The molecule has 3 aromatic carbocycles. The van der Waals surface area contributed by atoms with Crippen molar-refractivity contribution in [3.8, 4) is 0 Å². The zero-order valence-electron chi connectivity index (χ0n) is 19.7. The van der Waals surface area contributed by atoms with Gasteiger partial charge in [0, 0.05) is 23.2 Å². The minimum atomic E-state index is -4.08. The summed E-state index contributed by atoms with van der Waals surface area (Å²) >= 11 is 3.14. The number of nitro groups is 1.